The standard InChI is InChI=1S/C26H32N6O3S/c33-36(34,22-5-6-22)32-12-7-19(8-13-32)18-1-3-20(4-2-18)23-15-24-25(29-10-9-28-24)26(31-23)30-17-21-16-27-11-14-35-21/h1-4,9-10,15,19,21-22,27H,5-8,11-14,16-17H2,(H,30,31). The van der Waals surface area contributed by atoms with Crippen molar-refractivity contribution in [3.8, 4) is 11.3 Å². The van der Waals surface area contributed by atoms with E-state index in [0.717, 1.165) is 61.1 Å². The number of piperidine rings is 1. The fourth-order valence-electron chi connectivity index (χ4n) is 5.15. The number of aromatic nitrogens is 3. The van der Waals surface area contributed by atoms with Crippen molar-refractivity contribution in [1.82, 2.24) is 24.6 Å². The van der Waals surface area contributed by atoms with Gasteiger partial charge in [0.25, 0.3) is 0 Å². The number of nitrogens with one attached hydrogen (secondary N) is 2. The molecule has 4 heterocycles. The molecule has 2 saturated heterocycles. The summed E-state index contributed by atoms with van der Waals surface area (Å²) in [5.74, 6) is 1.08. The summed E-state index contributed by atoms with van der Waals surface area (Å²) in [6, 6.07) is 10.5. The Hall–Kier alpha value is -2.66. The summed E-state index contributed by atoms with van der Waals surface area (Å²) in [5, 5.41) is 6.65. The highest BCUT2D eigenvalue weighted by Gasteiger charge is 2.41. The summed E-state index contributed by atoms with van der Waals surface area (Å²) < 4.78 is 32.6. The topological polar surface area (TPSA) is 109 Å². The van der Waals surface area contributed by atoms with Crippen molar-refractivity contribution in [2.45, 2.75) is 43.0 Å². The number of rotatable bonds is 7. The molecule has 1 saturated carbocycles. The van der Waals surface area contributed by atoms with Gasteiger partial charge in [-0.05, 0) is 43.2 Å². The number of hydrogen-bond acceptors (Lipinski definition) is 8. The molecule has 2 aliphatic heterocycles. The number of benzene rings is 1. The zero-order chi connectivity index (χ0) is 24.5. The Balaban J connectivity index is 1.17. The second kappa shape index (κ2) is 10.0. The van der Waals surface area contributed by atoms with E-state index in [1.165, 1.54) is 5.56 Å². The maximum atomic E-state index is 12.5. The molecular weight excluding hydrogens is 476 g/mol. The normalized spacial score (nSPS) is 22.1. The van der Waals surface area contributed by atoms with E-state index in [4.69, 9.17) is 9.72 Å². The summed E-state index contributed by atoms with van der Waals surface area (Å²) >= 11 is 0. The molecule has 1 aliphatic carbocycles. The molecule has 9 nitrogen and oxygen atoms in total. The van der Waals surface area contributed by atoms with Crippen molar-refractivity contribution in [3.05, 3.63) is 48.3 Å². The maximum Gasteiger partial charge on any atom is 0.216 e. The van der Waals surface area contributed by atoms with Crippen LogP contribution in [0.3, 0.4) is 0 Å². The molecule has 0 bridgehead atoms. The SMILES string of the molecule is O=S(=O)(C1CC1)N1CCC(c2ccc(-c3cc4nccnc4c(NCC4CNCCO4)n3)cc2)CC1. The Kier molecular flexibility index (Phi) is 6.59. The quantitative estimate of drug-likeness (QED) is 0.502. The zero-order valence-electron chi connectivity index (χ0n) is 20.3. The smallest absolute Gasteiger partial charge is 0.216 e. The summed E-state index contributed by atoms with van der Waals surface area (Å²) in [6.45, 7) is 4.28. The average Bonchev–Trinajstić information content (AvgIpc) is 3.79. The van der Waals surface area contributed by atoms with E-state index in [1.807, 2.05) is 6.07 Å². The second-order valence-corrected chi connectivity index (χ2v) is 12.1. The molecule has 3 fully saturated rings. The van der Waals surface area contributed by atoms with Crippen LogP contribution in [0, 0.1) is 0 Å². The molecule has 36 heavy (non-hydrogen) atoms. The van der Waals surface area contributed by atoms with Gasteiger partial charge in [-0.1, -0.05) is 24.3 Å². The molecule has 0 spiro atoms. The molecule has 0 amide bonds. The summed E-state index contributed by atoms with van der Waals surface area (Å²) in [6.07, 6.45) is 6.83. The van der Waals surface area contributed by atoms with Crippen LogP contribution in [0.15, 0.2) is 42.7 Å². The van der Waals surface area contributed by atoms with Crippen molar-refractivity contribution in [3.63, 3.8) is 0 Å². The van der Waals surface area contributed by atoms with E-state index in [9.17, 15) is 8.42 Å². The minimum atomic E-state index is -3.07. The lowest BCUT2D eigenvalue weighted by Gasteiger charge is -2.31. The van der Waals surface area contributed by atoms with Gasteiger partial charge in [0.05, 0.1) is 29.2 Å². The van der Waals surface area contributed by atoms with Crippen LogP contribution in [0.4, 0.5) is 5.82 Å². The van der Waals surface area contributed by atoms with Gasteiger partial charge in [-0.25, -0.2) is 22.7 Å². The molecule has 2 aromatic heterocycles. The predicted octanol–water partition coefficient (Wildman–Crippen LogP) is 2.76. The maximum absolute atomic E-state index is 12.5. The van der Waals surface area contributed by atoms with Gasteiger partial charge in [0.2, 0.25) is 10.0 Å². The van der Waals surface area contributed by atoms with Crippen molar-refractivity contribution >= 4 is 26.9 Å². The third-order valence-electron chi connectivity index (χ3n) is 7.40. The van der Waals surface area contributed by atoms with E-state index >= 15 is 0 Å². The zero-order valence-corrected chi connectivity index (χ0v) is 21.1. The van der Waals surface area contributed by atoms with Crippen LogP contribution in [-0.4, -0.2) is 78.4 Å². The molecular formula is C26H32N6O3S. The highest BCUT2D eigenvalue weighted by molar-refractivity contribution is 7.90. The molecule has 3 aromatic rings. The van der Waals surface area contributed by atoms with Crippen molar-refractivity contribution < 1.29 is 13.2 Å². The Labute approximate surface area is 211 Å². The van der Waals surface area contributed by atoms with Crippen LogP contribution in [0.2, 0.25) is 0 Å². The number of hydrogen-bond donors (Lipinski definition) is 2. The van der Waals surface area contributed by atoms with Crippen LogP contribution < -0.4 is 10.6 Å². The molecule has 1 aromatic carbocycles. The minimum absolute atomic E-state index is 0.0842. The fraction of sp³-hybridized carbons (Fsp3) is 0.500. The molecule has 6 rings (SSSR count). The third kappa shape index (κ3) is 4.95. The summed E-state index contributed by atoms with van der Waals surface area (Å²) in [5.41, 5.74) is 4.64. The number of nitrogens with zero attached hydrogens (tertiary/aromatic N) is 4. The lowest BCUT2D eigenvalue weighted by atomic mass is 9.89. The molecule has 1 unspecified atom stereocenters. The van der Waals surface area contributed by atoms with E-state index in [0.29, 0.717) is 38.0 Å². The molecule has 3 aliphatic rings. The second-order valence-electron chi connectivity index (χ2n) is 9.90. The summed E-state index contributed by atoms with van der Waals surface area (Å²) in [4.78, 5) is 13.9. The van der Waals surface area contributed by atoms with Crippen molar-refractivity contribution in [1.29, 1.82) is 0 Å². The van der Waals surface area contributed by atoms with Gasteiger partial charge in [-0.15, -0.1) is 0 Å². The number of sulfonamides is 1. The molecule has 2 N–H and O–H groups in total. The Morgan fingerprint density at radius 3 is 2.56 bits per heavy atom. The monoisotopic (exact) mass is 508 g/mol. The lowest BCUT2D eigenvalue weighted by molar-refractivity contribution is 0.0372. The number of pyridine rings is 1. The van der Waals surface area contributed by atoms with Crippen LogP contribution in [0.25, 0.3) is 22.3 Å². The van der Waals surface area contributed by atoms with Gasteiger partial charge in [-0.3, -0.25) is 4.98 Å². The van der Waals surface area contributed by atoms with Crippen LogP contribution in [0.1, 0.15) is 37.2 Å². The predicted molar refractivity (Wildman–Crippen MR) is 139 cm³/mol. The van der Waals surface area contributed by atoms with Crippen molar-refractivity contribution in [2.24, 2.45) is 0 Å². The van der Waals surface area contributed by atoms with E-state index in [-0.39, 0.29) is 11.4 Å². The minimum Gasteiger partial charge on any atom is -0.374 e. The van der Waals surface area contributed by atoms with E-state index in [2.05, 4.69) is 44.9 Å². The molecule has 1 atom stereocenters. The van der Waals surface area contributed by atoms with E-state index in [1.54, 1.807) is 16.7 Å². The van der Waals surface area contributed by atoms with Gasteiger partial charge < -0.3 is 15.4 Å². The number of morpholine rings is 1. The van der Waals surface area contributed by atoms with Gasteiger partial charge in [0.15, 0.2) is 5.82 Å². The molecule has 0 radical (unpaired) electrons. The van der Waals surface area contributed by atoms with Gasteiger partial charge in [0, 0.05) is 50.7 Å². The van der Waals surface area contributed by atoms with Gasteiger partial charge in [-0.2, -0.15) is 0 Å². The number of ether oxygens (including phenoxy) is 1. The van der Waals surface area contributed by atoms with Crippen LogP contribution >= 0.6 is 0 Å². The van der Waals surface area contributed by atoms with Crippen LogP contribution in [-0.2, 0) is 14.8 Å². The Morgan fingerprint density at radius 2 is 1.83 bits per heavy atom. The van der Waals surface area contributed by atoms with E-state index < -0.39 is 10.0 Å². The molecule has 190 valence electrons. The Bertz CT molecular complexity index is 1320. The first-order valence-electron chi connectivity index (χ1n) is 12.9. The van der Waals surface area contributed by atoms with Gasteiger partial charge in [0.1, 0.15) is 5.52 Å². The number of fused-ring (bicyclic) bond motifs is 1. The first-order chi connectivity index (χ1) is 17.6. The number of anilines is 1. The van der Waals surface area contributed by atoms with Crippen molar-refractivity contribution in [2.75, 3.05) is 44.6 Å². The fourth-order valence-corrected chi connectivity index (χ4v) is 7.02. The largest absolute Gasteiger partial charge is 0.374 e. The molecule has 10 heteroatoms. The third-order valence-corrected chi connectivity index (χ3v) is 9.79. The lowest BCUT2D eigenvalue weighted by Crippen LogP contribution is -2.42. The van der Waals surface area contributed by atoms with Gasteiger partial charge >= 0.3 is 0 Å². The highest BCUT2D eigenvalue weighted by Crippen LogP contribution is 2.36. The first kappa shape index (κ1) is 23.7. The Morgan fingerprint density at radius 1 is 1.06 bits per heavy atom. The highest BCUT2D eigenvalue weighted by atomic mass is 32.2. The first-order valence-corrected chi connectivity index (χ1v) is 14.4. The average molecular weight is 509 g/mol. The summed E-state index contributed by atoms with van der Waals surface area (Å²) in [7, 11) is -3.07. The van der Waals surface area contributed by atoms with Crippen LogP contribution in [0.5, 0.6) is 0 Å².